The first kappa shape index (κ1) is 21.1. The van der Waals surface area contributed by atoms with Crippen LogP contribution in [0.4, 0.5) is 0 Å². The SMILES string of the molecule is c1ccc(C2(c3ccc4sc5ccccc5c4c3)c3cccc4c5cccc6ccc7ccc2c(c34)c7c65)cc1. The summed E-state index contributed by atoms with van der Waals surface area (Å²) in [5, 5.41) is 13.7. The first-order valence-electron chi connectivity index (χ1n) is 13.9. The van der Waals surface area contributed by atoms with Crippen molar-refractivity contribution in [3.63, 3.8) is 0 Å². The Hall–Kier alpha value is -4.72. The molecule has 1 heterocycles. The normalized spacial score (nSPS) is 16.6. The lowest BCUT2D eigenvalue weighted by Gasteiger charge is -2.34. The molecule has 184 valence electrons. The van der Waals surface area contributed by atoms with E-state index in [1.807, 2.05) is 11.3 Å². The molecule has 8 aromatic carbocycles. The van der Waals surface area contributed by atoms with Gasteiger partial charge in [0.15, 0.2) is 0 Å². The van der Waals surface area contributed by atoms with Crippen molar-refractivity contribution >= 4 is 74.6 Å². The molecule has 1 atom stereocenters. The van der Waals surface area contributed by atoms with Crippen molar-refractivity contribution < 1.29 is 0 Å². The zero-order valence-electron chi connectivity index (χ0n) is 21.6. The largest absolute Gasteiger partial charge is 0.135 e. The lowest BCUT2D eigenvalue weighted by atomic mass is 9.67. The molecule has 0 aliphatic heterocycles. The van der Waals surface area contributed by atoms with E-state index in [4.69, 9.17) is 0 Å². The van der Waals surface area contributed by atoms with Gasteiger partial charge in [-0.25, -0.2) is 0 Å². The molecule has 1 aromatic heterocycles. The van der Waals surface area contributed by atoms with Crippen LogP contribution in [0.2, 0.25) is 0 Å². The highest BCUT2D eigenvalue weighted by Gasteiger charge is 2.45. The molecule has 0 radical (unpaired) electrons. The van der Waals surface area contributed by atoms with Gasteiger partial charge in [-0.3, -0.25) is 0 Å². The molecule has 0 saturated carbocycles. The summed E-state index contributed by atoms with van der Waals surface area (Å²) in [6.45, 7) is 0. The van der Waals surface area contributed by atoms with Crippen molar-refractivity contribution in [1.29, 1.82) is 0 Å². The Bertz CT molecular complexity index is 2480. The molecular formula is C39H22S. The topological polar surface area (TPSA) is 0 Å². The van der Waals surface area contributed by atoms with Gasteiger partial charge in [-0.15, -0.1) is 11.3 Å². The molecule has 1 unspecified atom stereocenters. The van der Waals surface area contributed by atoms with Gasteiger partial charge >= 0.3 is 0 Å². The van der Waals surface area contributed by atoms with E-state index in [0.29, 0.717) is 0 Å². The third-order valence-corrected chi connectivity index (χ3v) is 10.6. The molecule has 0 saturated heterocycles. The molecule has 0 amide bonds. The Morgan fingerprint density at radius 1 is 0.375 bits per heavy atom. The summed E-state index contributed by atoms with van der Waals surface area (Å²) in [5.41, 5.74) is 5.05. The third kappa shape index (κ3) is 2.36. The van der Waals surface area contributed by atoms with E-state index in [0.717, 1.165) is 0 Å². The fourth-order valence-electron chi connectivity index (χ4n) is 7.93. The van der Waals surface area contributed by atoms with E-state index in [-0.39, 0.29) is 0 Å². The number of hydrogen-bond acceptors (Lipinski definition) is 1. The molecule has 0 fully saturated rings. The van der Waals surface area contributed by atoms with Crippen molar-refractivity contribution in [2.75, 3.05) is 0 Å². The Morgan fingerprint density at radius 3 is 1.95 bits per heavy atom. The average molecular weight is 523 g/mol. The van der Waals surface area contributed by atoms with Gasteiger partial charge in [0.1, 0.15) is 0 Å². The summed E-state index contributed by atoms with van der Waals surface area (Å²) >= 11 is 1.89. The Morgan fingerprint density at radius 2 is 1.05 bits per heavy atom. The van der Waals surface area contributed by atoms with Crippen molar-refractivity contribution in [1.82, 2.24) is 0 Å². The fourth-order valence-corrected chi connectivity index (χ4v) is 9.02. The number of thiophene rings is 1. The van der Waals surface area contributed by atoms with E-state index in [2.05, 4.69) is 133 Å². The maximum absolute atomic E-state index is 2.49. The highest BCUT2D eigenvalue weighted by Crippen LogP contribution is 2.58. The molecule has 40 heavy (non-hydrogen) atoms. The molecule has 0 N–H and O–H groups in total. The van der Waals surface area contributed by atoms with Crippen LogP contribution in [0.25, 0.3) is 63.3 Å². The van der Waals surface area contributed by atoms with Crippen LogP contribution in [-0.4, -0.2) is 0 Å². The highest BCUT2D eigenvalue weighted by atomic mass is 32.1. The van der Waals surface area contributed by atoms with Gasteiger partial charge in [-0.1, -0.05) is 115 Å². The minimum atomic E-state index is -0.405. The van der Waals surface area contributed by atoms with Crippen LogP contribution < -0.4 is 0 Å². The van der Waals surface area contributed by atoms with E-state index in [9.17, 15) is 0 Å². The van der Waals surface area contributed by atoms with E-state index >= 15 is 0 Å². The van der Waals surface area contributed by atoms with Crippen LogP contribution in [0.15, 0.2) is 133 Å². The first-order chi connectivity index (χ1) is 19.8. The Labute approximate surface area is 235 Å². The molecule has 9 aromatic rings. The van der Waals surface area contributed by atoms with Crippen molar-refractivity contribution in [3.8, 4) is 0 Å². The van der Waals surface area contributed by atoms with Crippen molar-refractivity contribution in [3.05, 3.63) is 156 Å². The van der Waals surface area contributed by atoms with Gasteiger partial charge < -0.3 is 0 Å². The van der Waals surface area contributed by atoms with E-state index in [1.165, 1.54) is 85.5 Å². The van der Waals surface area contributed by atoms with Crippen molar-refractivity contribution in [2.45, 2.75) is 5.41 Å². The first-order valence-corrected chi connectivity index (χ1v) is 14.8. The minimum absolute atomic E-state index is 0.405. The monoisotopic (exact) mass is 522 g/mol. The zero-order chi connectivity index (χ0) is 26.0. The number of rotatable bonds is 2. The quantitative estimate of drug-likeness (QED) is 0.156. The zero-order valence-corrected chi connectivity index (χ0v) is 22.4. The molecule has 1 aliphatic carbocycles. The molecule has 1 heteroatoms. The molecule has 0 spiro atoms. The summed E-state index contributed by atoms with van der Waals surface area (Å²) < 4.78 is 2.69. The minimum Gasteiger partial charge on any atom is -0.135 e. The predicted octanol–water partition coefficient (Wildman–Crippen LogP) is 10.8. The van der Waals surface area contributed by atoms with Gasteiger partial charge in [0.05, 0.1) is 5.41 Å². The third-order valence-electron chi connectivity index (χ3n) is 9.46. The number of hydrogen-bond donors (Lipinski definition) is 0. The average Bonchev–Trinajstić information content (AvgIpc) is 3.54. The van der Waals surface area contributed by atoms with Gasteiger partial charge in [-0.05, 0) is 83.5 Å². The second kappa shape index (κ2) is 7.27. The van der Waals surface area contributed by atoms with Crippen LogP contribution >= 0.6 is 11.3 Å². The predicted molar refractivity (Wildman–Crippen MR) is 172 cm³/mol. The molecule has 1 aliphatic rings. The van der Waals surface area contributed by atoms with Crippen LogP contribution in [0, 0.1) is 0 Å². The molecule has 0 bridgehead atoms. The highest BCUT2D eigenvalue weighted by molar-refractivity contribution is 7.25. The maximum atomic E-state index is 2.49. The Kier molecular flexibility index (Phi) is 3.84. The number of benzene rings is 8. The standard InChI is InChI=1S/C39H22S/c1-2-9-25(10-3-1)39(26-19-21-34-30(22-26)27-11-4-5-15-33(27)40-34)31-14-7-13-29-28-12-6-8-23-16-17-24-18-20-32(39)38(37(29)31)36(24)35(23)28/h1-22H. The van der Waals surface area contributed by atoms with Crippen LogP contribution in [0.3, 0.4) is 0 Å². The van der Waals surface area contributed by atoms with Crippen LogP contribution in [0.5, 0.6) is 0 Å². The summed E-state index contributed by atoms with van der Waals surface area (Å²) in [6, 6.07) is 50.4. The maximum Gasteiger partial charge on any atom is 0.0714 e. The van der Waals surface area contributed by atoms with E-state index < -0.39 is 5.41 Å². The fraction of sp³-hybridized carbons (Fsp3) is 0.0256. The summed E-state index contributed by atoms with van der Waals surface area (Å²) in [4.78, 5) is 0. The lowest BCUT2D eigenvalue weighted by molar-refractivity contribution is 0.773. The van der Waals surface area contributed by atoms with Gasteiger partial charge in [0.2, 0.25) is 0 Å². The number of fused-ring (bicyclic) bond motifs is 4. The van der Waals surface area contributed by atoms with Gasteiger partial charge in [-0.2, -0.15) is 0 Å². The van der Waals surface area contributed by atoms with Gasteiger partial charge in [0, 0.05) is 20.2 Å². The van der Waals surface area contributed by atoms with E-state index in [1.54, 1.807) is 0 Å². The molecular weight excluding hydrogens is 500 g/mol. The smallest absolute Gasteiger partial charge is 0.0714 e. The second-order valence-electron chi connectivity index (χ2n) is 11.2. The van der Waals surface area contributed by atoms with Crippen LogP contribution in [-0.2, 0) is 5.41 Å². The summed E-state index contributed by atoms with van der Waals surface area (Å²) in [7, 11) is 0. The lowest BCUT2D eigenvalue weighted by Crippen LogP contribution is -2.28. The van der Waals surface area contributed by atoms with Gasteiger partial charge in [0.25, 0.3) is 0 Å². The Balaban J connectivity index is 1.46. The van der Waals surface area contributed by atoms with Crippen molar-refractivity contribution in [2.24, 2.45) is 0 Å². The second-order valence-corrected chi connectivity index (χ2v) is 12.3. The molecule has 10 rings (SSSR count). The summed E-state index contributed by atoms with van der Waals surface area (Å²) in [6.07, 6.45) is 0. The summed E-state index contributed by atoms with van der Waals surface area (Å²) in [5.74, 6) is 0. The molecule has 0 nitrogen and oxygen atoms in total. The van der Waals surface area contributed by atoms with Crippen LogP contribution in [0.1, 0.15) is 22.3 Å².